The van der Waals surface area contributed by atoms with Gasteiger partial charge in [0.1, 0.15) is 12.6 Å². The van der Waals surface area contributed by atoms with Gasteiger partial charge in [-0.15, -0.1) is 12.4 Å². The van der Waals surface area contributed by atoms with Crippen molar-refractivity contribution in [1.29, 1.82) is 0 Å². The van der Waals surface area contributed by atoms with Gasteiger partial charge < -0.3 is 26.8 Å². The van der Waals surface area contributed by atoms with Crippen molar-refractivity contribution in [2.24, 2.45) is 16.5 Å². The van der Waals surface area contributed by atoms with Gasteiger partial charge in [0.2, 0.25) is 5.91 Å². The third-order valence-electron chi connectivity index (χ3n) is 4.78. The molecule has 0 heterocycles. The van der Waals surface area contributed by atoms with Crippen LogP contribution in [-0.4, -0.2) is 30.5 Å². The zero-order chi connectivity index (χ0) is 22.8. The van der Waals surface area contributed by atoms with Crippen molar-refractivity contribution in [3.8, 4) is 0 Å². The summed E-state index contributed by atoms with van der Waals surface area (Å²) in [5.74, 6) is -0.362. The number of ether oxygens (including phenoxy) is 1. The van der Waals surface area contributed by atoms with Crippen molar-refractivity contribution >= 4 is 46.8 Å². The summed E-state index contributed by atoms with van der Waals surface area (Å²) in [6.45, 7) is 0.461. The van der Waals surface area contributed by atoms with Crippen LogP contribution in [0.3, 0.4) is 0 Å². The molecular weight excluding hydrogens is 442 g/mol. The van der Waals surface area contributed by atoms with E-state index in [4.69, 9.17) is 16.2 Å². The number of amides is 2. The largest absolute Gasteiger partial charge is 0.445 e. The summed E-state index contributed by atoms with van der Waals surface area (Å²) in [7, 11) is 0. The van der Waals surface area contributed by atoms with Crippen LogP contribution in [0, 0.1) is 0 Å². The SMILES string of the molecule is Cl.NC(N)=NCCC[C@H](NC(=O)OCc1ccccc1)C(=O)Nc1ccc2ccccc2c1. The molecule has 33 heavy (non-hydrogen) atoms. The highest BCUT2D eigenvalue weighted by Gasteiger charge is 2.21. The monoisotopic (exact) mass is 469 g/mol. The number of hydrogen-bond donors (Lipinski definition) is 4. The molecule has 174 valence electrons. The second-order valence-electron chi connectivity index (χ2n) is 7.26. The van der Waals surface area contributed by atoms with E-state index in [1.807, 2.05) is 72.8 Å². The Labute approximate surface area is 198 Å². The molecule has 0 aliphatic heterocycles. The van der Waals surface area contributed by atoms with Crippen molar-refractivity contribution in [1.82, 2.24) is 5.32 Å². The number of halogens is 1. The van der Waals surface area contributed by atoms with E-state index in [0.717, 1.165) is 16.3 Å². The van der Waals surface area contributed by atoms with E-state index in [2.05, 4.69) is 15.6 Å². The van der Waals surface area contributed by atoms with Crippen LogP contribution >= 0.6 is 12.4 Å². The van der Waals surface area contributed by atoms with Crippen LogP contribution in [-0.2, 0) is 16.1 Å². The van der Waals surface area contributed by atoms with Gasteiger partial charge in [0, 0.05) is 12.2 Å². The smallest absolute Gasteiger partial charge is 0.408 e. The van der Waals surface area contributed by atoms with Crippen molar-refractivity contribution in [2.45, 2.75) is 25.5 Å². The number of carbonyl (C=O) groups is 2. The molecule has 0 spiro atoms. The molecule has 0 bridgehead atoms. The predicted molar refractivity (Wildman–Crippen MR) is 133 cm³/mol. The lowest BCUT2D eigenvalue weighted by Gasteiger charge is -2.18. The second-order valence-corrected chi connectivity index (χ2v) is 7.26. The lowest BCUT2D eigenvalue weighted by atomic mass is 10.1. The number of anilines is 1. The fourth-order valence-electron chi connectivity index (χ4n) is 3.18. The van der Waals surface area contributed by atoms with Gasteiger partial charge in [-0.1, -0.05) is 60.7 Å². The quantitative estimate of drug-likeness (QED) is 0.216. The third kappa shape index (κ3) is 8.34. The lowest BCUT2D eigenvalue weighted by molar-refractivity contribution is -0.118. The summed E-state index contributed by atoms with van der Waals surface area (Å²) in [4.78, 5) is 29.2. The van der Waals surface area contributed by atoms with E-state index in [1.165, 1.54) is 0 Å². The topological polar surface area (TPSA) is 132 Å². The molecule has 0 saturated heterocycles. The highest BCUT2D eigenvalue weighted by molar-refractivity contribution is 5.98. The summed E-state index contributed by atoms with van der Waals surface area (Å²) >= 11 is 0. The highest BCUT2D eigenvalue weighted by Crippen LogP contribution is 2.19. The molecule has 8 nitrogen and oxygen atoms in total. The average Bonchev–Trinajstić information content (AvgIpc) is 2.80. The first-order chi connectivity index (χ1) is 15.5. The van der Waals surface area contributed by atoms with E-state index >= 15 is 0 Å². The van der Waals surface area contributed by atoms with Gasteiger partial charge in [0.05, 0.1) is 0 Å². The molecule has 2 amide bonds. The standard InChI is InChI=1S/C24H27N5O3.ClH/c25-23(26)27-14-6-11-21(29-24(31)32-16-17-7-2-1-3-8-17)22(30)28-20-13-12-18-9-4-5-10-19(18)15-20;/h1-5,7-10,12-13,15,21H,6,11,14,16H2,(H,28,30)(H,29,31)(H4,25,26,27);1H/t21-;/m0./s1. The van der Waals surface area contributed by atoms with Crippen molar-refractivity contribution < 1.29 is 14.3 Å². The Morgan fingerprint density at radius 3 is 2.36 bits per heavy atom. The van der Waals surface area contributed by atoms with Gasteiger partial charge in [-0.2, -0.15) is 0 Å². The van der Waals surface area contributed by atoms with E-state index in [1.54, 1.807) is 0 Å². The van der Waals surface area contributed by atoms with Crippen LogP contribution in [0.4, 0.5) is 10.5 Å². The molecule has 0 aliphatic carbocycles. The molecule has 3 aromatic rings. The number of alkyl carbamates (subject to hydrolysis) is 1. The summed E-state index contributed by atoms with van der Waals surface area (Å²) < 4.78 is 5.26. The van der Waals surface area contributed by atoms with Crippen molar-refractivity contribution in [3.05, 3.63) is 78.4 Å². The molecule has 0 radical (unpaired) electrons. The van der Waals surface area contributed by atoms with Gasteiger partial charge in [0.15, 0.2) is 5.96 Å². The predicted octanol–water partition coefficient (Wildman–Crippen LogP) is 3.55. The highest BCUT2D eigenvalue weighted by atomic mass is 35.5. The van der Waals surface area contributed by atoms with E-state index in [0.29, 0.717) is 25.1 Å². The molecule has 6 N–H and O–H groups in total. The van der Waals surface area contributed by atoms with E-state index in [-0.39, 0.29) is 30.9 Å². The van der Waals surface area contributed by atoms with E-state index < -0.39 is 12.1 Å². The number of nitrogens with two attached hydrogens (primary N) is 2. The fourth-order valence-corrected chi connectivity index (χ4v) is 3.18. The first-order valence-corrected chi connectivity index (χ1v) is 10.3. The van der Waals surface area contributed by atoms with Gasteiger partial charge >= 0.3 is 6.09 Å². The minimum Gasteiger partial charge on any atom is -0.445 e. The zero-order valence-corrected chi connectivity index (χ0v) is 18.9. The minimum atomic E-state index is -0.807. The van der Waals surface area contributed by atoms with Crippen LogP contribution < -0.4 is 22.1 Å². The maximum Gasteiger partial charge on any atom is 0.408 e. The number of nitrogens with zero attached hydrogens (tertiary/aromatic N) is 1. The summed E-state index contributed by atoms with van der Waals surface area (Å²) in [5, 5.41) is 7.59. The summed E-state index contributed by atoms with van der Waals surface area (Å²) in [5.41, 5.74) is 12.2. The van der Waals surface area contributed by atoms with Crippen LogP contribution in [0.15, 0.2) is 77.8 Å². The molecule has 0 unspecified atom stereocenters. The molecule has 3 aromatic carbocycles. The average molecular weight is 470 g/mol. The summed E-state index contributed by atoms with van der Waals surface area (Å²) in [6, 6.07) is 22.0. The molecular formula is C24H28ClN5O3. The maximum absolute atomic E-state index is 12.9. The first-order valence-electron chi connectivity index (χ1n) is 10.3. The van der Waals surface area contributed by atoms with Gasteiger partial charge in [0.25, 0.3) is 0 Å². The number of fused-ring (bicyclic) bond motifs is 1. The third-order valence-corrected chi connectivity index (χ3v) is 4.78. The molecule has 3 rings (SSSR count). The number of carbonyl (C=O) groups excluding carboxylic acids is 2. The van der Waals surface area contributed by atoms with Gasteiger partial charge in [-0.25, -0.2) is 4.79 Å². The first kappa shape index (κ1) is 25.5. The molecule has 9 heteroatoms. The van der Waals surface area contributed by atoms with E-state index in [9.17, 15) is 9.59 Å². The van der Waals surface area contributed by atoms with Gasteiger partial charge in [-0.05, 0) is 41.3 Å². The Balaban J connectivity index is 0.00000385. The second kappa shape index (κ2) is 12.9. The van der Waals surface area contributed by atoms with Crippen LogP contribution in [0.1, 0.15) is 18.4 Å². The normalized spacial score (nSPS) is 11.0. The Bertz CT molecular complexity index is 1090. The maximum atomic E-state index is 12.9. The molecule has 0 aromatic heterocycles. The molecule has 1 atom stereocenters. The Morgan fingerprint density at radius 1 is 0.939 bits per heavy atom. The molecule has 0 saturated carbocycles. The van der Waals surface area contributed by atoms with Crippen molar-refractivity contribution in [2.75, 3.05) is 11.9 Å². The number of rotatable bonds is 9. The van der Waals surface area contributed by atoms with Crippen LogP contribution in [0.2, 0.25) is 0 Å². The number of nitrogens with one attached hydrogen (secondary N) is 2. The number of hydrogen-bond acceptors (Lipinski definition) is 4. The fraction of sp³-hybridized carbons (Fsp3) is 0.208. The van der Waals surface area contributed by atoms with Gasteiger partial charge in [-0.3, -0.25) is 9.79 Å². The zero-order valence-electron chi connectivity index (χ0n) is 18.1. The molecule has 0 fully saturated rings. The number of benzene rings is 3. The lowest BCUT2D eigenvalue weighted by Crippen LogP contribution is -2.44. The molecule has 0 aliphatic rings. The Hall–Kier alpha value is -3.78. The number of aliphatic imine (C=N–C) groups is 1. The summed E-state index contributed by atoms with van der Waals surface area (Å²) in [6.07, 6.45) is 0.179. The minimum absolute atomic E-state index is 0. The van der Waals surface area contributed by atoms with Crippen molar-refractivity contribution in [3.63, 3.8) is 0 Å². The number of guanidine groups is 1. The Morgan fingerprint density at radius 2 is 1.64 bits per heavy atom. The Kier molecular flexibility index (Phi) is 9.98. The van der Waals surface area contributed by atoms with Crippen LogP contribution in [0.25, 0.3) is 10.8 Å². The van der Waals surface area contributed by atoms with Crippen LogP contribution in [0.5, 0.6) is 0 Å².